The highest BCUT2D eigenvalue weighted by atomic mass is 28.3. The van der Waals surface area contributed by atoms with Gasteiger partial charge in [-0.3, -0.25) is 0 Å². The predicted molar refractivity (Wildman–Crippen MR) is 78.7 cm³/mol. The molecule has 0 aromatic rings. The van der Waals surface area contributed by atoms with Crippen LogP contribution in [0, 0.1) is 5.92 Å². The molecule has 3 nitrogen and oxygen atoms in total. The Morgan fingerprint density at radius 2 is 2.05 bits per heavy atom. The van der Waals surface area contributed by atoms with Gasteiger partial charge in [-0.25, -0.2) is 4.79 Å². The van der Waals surface area contributed by atoms with Crippen molar-refractivity contribution in [3.05, 3.63) is 11.3 Å². The van der Waals surface area contributed by atoms with Crippen LogP contribution in [0.15, 0.2) is 11.3 Å². The maximum atomic E-state index is 12.3. The number of cyclic esters (lactones) is 1. The molecule has 2 aliphatic heterocycles. The summed E-state index contributed by atoms with van der Waals surface area (Å²) in [5.74, 6) is 1.75. The zero-order valence-electron chi connectivity index (χ0n) is 12.4. The van der Waals surface area contributed by atoms with Crippen LogP contribution in [0.25, 0.3) is 0 Å². The smallest absolute Gasteiger partial charge is 0.415 e. The maximum absolute atomic E-state index is 12.3. The van der Waals surface area contributed by atoms with E-state index >= 15 is 0 Å². The molecule has 3 rings (SSSR count). The largest absolute Gasteiger partial charge is 0.415 e. The molecule has 1 saturated carbocycles. The molecule has 2 atom stereocenters. The number of nitrogens with zero attached hydrogens (tertiary/aromatic N) is 1. The molecule has 2 heterocycles. The molecule has 0 unspecified atom stereocenters. The zero-order valence-corrected chi connectivity index (χ0v) is 13.4. The molecule has 0 aromatic carbocycles. The average Bonchev–Trinajstić information content (AvgIpc) is 2.58. The van der Waals surface area contributed by atoms with E-state index in [2.05, 4.69) is 19.6 Å². The first-order valence-corrected chi connectivity index (χ1v) is 11.4. The van der Waals surface area contributed by atoms with Crippen LogP contribution < -0.4 is 0 Å². The molecule has 0 bridgehead atoms. The molecule has 0 radical (unpaired) electrons. The molecule has 19 heavy (non-hydrogen) atoms. The molecule has 106 valence electrons. The quantitative estimate of drug-likeness (QED) is 0.715. The fraction of sp³-hybridized carbons (Fsp3) is 0.800. The van der Waals surface area contributed by atoms with Crippen LogP contribution in [-0.4, -0.2) is 31.7 Å². The fourth-order valence-electron chi connectivity index (χ4n) is 3.87. The summed E-state index contributed by atoms with van der Waals surface area (Å²) in [6.07, 6.45) is 6.02. The molecule has 0 aromatic heterocycles. The van der Waals surface area contributed by atoms with Gasteiger partial charge >= 0.3 is 6.09 Å². The Balaban J connectivity index is 1.95. The summed E-state index contributed by atoms with van der Waals surface area (Å²) in [6.45, 7) is 7.94. The third-order valence-corrected chi connectivity index (χ3v) is 6.02. The van der Waals surface area contributed by atoms with Gasteiger partial charge in [-0.2, -0.15) is 0 Å². The highest BCUT2D eigenvalue weighted by molar-refractivity contribution is 6.76. The topological polar surface area (TPSA) is 29.5 Å². The SMILES string of the molecule is C[Si](C)(C)CC1=C2CC[C@@H]3CCCCN(C(=O)O1)[C@H]23. The minimum atomic E-state index is -1.24. The van der Waals surface area contributed by atoms with Crippen molar-refractivity contribution < 1.29 is 9.53 Å². The number of amides is 1. The molecule has 1 amide bonds. The Morgan fingerprint density at radius 3 is 2.79 bits per heavy atom. The molecule has 0 N–H and O–H groups in total. The first-order valence-electron chi connectivity index (χ1n) is 7.66. The molecule has 3 aliphatic rings. The van der Waals surface area contributed by atoms with Crippen LogP contribution in [-0.2, 0) is 4.74 Å². The van der Waals surface area contributed by atoms with Gasteiger partial charge in [0.15, 0.2) is 0 Å². The highest BCUT2D eigenvalue weighted by Gasteiger charge is 2.45. The van der Waals surface area contributed by atoms with Gasteiger partial charge in [0.25, 0.3) is 0 Å². The van der Waals surface area contributed by atoms with E-state index in [0.29, 0.717) is 12.0 Å². The van der Waals surface area contributed by atoms with E-state index < -0.39 is 8.07 Å². The van der Waals surface area contributed by atoms with Crippen LogP contribution in [0.1, 0.15) is 32.1 Å². The third kappa shape index (κ3) is 2.47. The Labute approximate surface area is 117 Å². The number of carbonyl (C=O) groups is 1. The minimum absolute atomic E-state index is 0.0733. The third-order valence-electron chi connectivity index (χ3n) is 4.64. The first kappa shape index (κ1) is 13.2. The van der Waals surface area contributed by atoms with Crippen molar-refractivity contribution in [1.82, 2.24) is 4.90 Å². The lowest BCUT2D eigenvalue weighted by atomic mass is 9.96. The second kappa shape index (κ2) is 4.65. The average molecular weight is 279 g/mol. The first-order chi connectivity index (χ1) is 8.96. The Hall–Kier alpha value is -0.773. The van der Waals surface area contributed by atoms with Crippen molar-refractivity contribution in [2.45, 2.75) is 63.8 Å². The summed E-state index contributed by atoms with van der Waals surface area (Å²) >= 11 is 0. The number of rotatable bonds is 2. The number of ether oxygens (including phenoxy) is 1. The van der Waals surface area contributed by atoms with E-state index in [1.807, 2.05) is 4.90 Å². The zero-order chi connectivity index (χ0) is 13.6. The van der Waals surface area contributed by atoms with Crippen molar-refractivity contribution in [1.29, 1.82) is 0 Å². The minimum Gasteiger partial charge on any atom is -0.415 e. The second-order valence-corrected chi connectivity index (χ2v) is 13.0. The molecule has 4 heteroatoms. The lowest BCUT2D eigenvalue weighted by molar-refractivity contribution is 0.0949. The maximum Gasteiger partial charge on any atom is 0.415 e. The van der Waals surface area contributed by atoms with Crippen molar-refractivity contribution in [2.75, 3.05) is 6.54 Å². The van der Waals surface area contributed by atoms with E-state index in [0.717, 1.165) is 31.2 Å². The van der Waals surface area contributed by atoms with Gasteiger partial charge in [-0.15, -0.1) is 0 Å². The molecular weight excluding hydrogens is 254 g/mol. The normalized spacial score (nSPS) is 31.1. The molecule has 1 saturated heterocycles. The Kier molecular flexibility index (Phi) is 3.24. The van der Waals surface area contributed by atoms with Gasteiger partial charge in [-0.05, 0) is 37.2 Å². The summed E-state index contributed by atoms with van der Waals surface area (Å²) < 4.78 is 5.72. The monoisotopic (exact) mass is 279 g/mol. The van der Waals surface area contributed by atoms with Crippen molar-refractivity contribution >= 4 is 14.2 Å². The van der Waals surface area contributed by atoms with Gasteiger partial charge in [0, 0.05) is 12.6 Å². The molecular formula is C15H25NO2Si. The molecule has 0 spiro atoms. The highest BCUT2D eigenvalue weighted by Crippen LogP contribution is 2.45. The van der Waals surface area contributed by atoms with Gasteiger partial charge in [0.2, 0.25) is 0 Å². The fourth-order valence-corrected chi connectivity index (χ4v) is 5.14. The van der Waals surface area contributed by atoms with E-state index in [1.165, 1.54) is 24.8 Å². The van der Waals surface area contributed by atoms with E-state index in [9.17, 15) is 4.79 Å². The Bertz CT molecular complexity index is 424. The lowest BCUT2D eigenvalue weighted by Gasteiger charge is -2.37. The van der Waals surface area contributed by atoms with E-state index in [1.54, 1.807) is 0 Å². The van der Waals surface area contributed by atoms with Crippen LogP contribution in [0.4, 0.5) is 4.79 Å². The van der Waals surface area contributed by atoms with Gasteiger partial charge in [0.1, 0.15) is 5.76 Å². The van der Waals surface area contributed by atoms with Crippen LogP contribution in [0.3, 0.4) is 0 Å². The summed E-state index contributed by atoms with van der Waals surface area (Å²) in [6, 6.07) is 1.40. The summed E-state index contributed by atoms with van der Waals surface area (Å²) in [7, 11) is -1.24. The second-order valence-electron chi connectivity index (χ2n) is 7.49. The van der Waals surface area contributed by atoms with E-state index in [-0.39, 0.29) is 6.09 Å². The van der Waals surface area contributed by atoms with Crippen LogP contribution >= 0.6 is 0 Å². The summed E-state index contributed by atoms with van der Waals surface area (Å²) in [5.41, 5.74) is 1.47. The number of hydrogen-bond donors (Lipinski definition) is 0. The molecule has 2 fully saturated rings. The van der Waals surface area contributed by atoms with Crippen molar-refractivity contribution in [3.63, 3.8) is 0 Å². The van der Waals surface area contributed by atoms with E-state index in [4.69, 9.17) is 4.74 Å². The lowest BCUT2D eigenvalue weighted by Crippen LogP contribution is -2.46. The van der Waals surface area contributed by atoms with Crippen molar-refractivity contribution in [3.8, 4) is 0 Å². The van der Waals surface area contributed by atoms with Crippen LogP contribution in [0.2, 0.25) is 25.7 Å². The number of allylic oxidation sites excluding steroid dienone is 1. The number of hydrogen-bond acceptors (Lipinski definition) is 2. The van der Waals surface area contributed by atoms with Gasteiger partial charge in [0.05, 0.1) is 14.1 Å². The summed E-state index contributed by atoms with van der Waals surface area (Å²) in [4.78, 5) is 14.3. The standard InChI is InChI=1S/C15H25NO2Si/c1-19(2,3)10-13-12-8-7-11-6-4-5-9-16(14(11)12)15(17)18-13/h11,14H,4-10H2,1-3H3/t11-,14-/m0/s1. The predicted octanol–water partition coefficient (Wildman–Crippen LogP) is 3.99. The van der Waals surface area contributed by atoms with Gasteiger partial charge in [-0.1, -0.05) is 26.1 Å². The van der Waals surface area contributed by atoms with Crippen molar-refractivity contribution in [2.24, 2.45) is 5.92 Å². The number of carbonyl (C=O) groups excluding carboxylic acids is 1. The van der Waals surface area contributed by atoms with Crippen LogP contribution in [0.5, 0.6) is 0 Å². The molecule has 1 aliphatic carbocycles. The summed E-state index contributed by atoms with van der Waals surface area (Å²) in [5, 5.41) is 0. The van der Waals surface area contributed by atoms with Gasteiger partial charge < -0.3 is 9.64 Å². The Morgan fingerprint density at radius 1 is 1.26 bits per heavy atom.